The molecule has 1 aromatic heterocycles. The smallest absolute Gasteiger partial charge is 0.191 e. The van der Waals surface area contributed by atoms with Crippen LogP contribution in [0.15, 0.2) is 17.1 Å². The topological polar surface area (TPSA) is 48.9 Å². The predicted molar refractivity (Wildman–Crippen MR) is 102 cm³/mol. The van der Waals surface area contributed by atoms with E-state index in [2.05, 4.69) is 46.6 Å². The van der Waals surface area contributed by atoms with Crippen molar-refractivity contribution in [3.8, 4) is 0 Å². The quantitative estimate of drug-likeness (QED) is 0.379. The van der Waals surface area contributed by atoms with Gasteiger partial charge in [-0.2, -0.15) is 0 Å². The van der Waals surface area contributed by atoms with Gasteiger partial charge in [-0.25, -0.2) is 0 Å². The first-order valence-electron chi connectivity index (χ1n) is 6.83. The molecule has 1 rings (SSSR count). The second-order valence-corrected chi connectivity index (χ2v) is 6.03. The summed E-state index contributed by atoms with van der Waals surface area (Å²) in [6.07, 6.45) is 0. The van der Waals surface area contributed by atoms with E-state index >= 15 is 0 Å². The molecule has 0 aliphatic rings. The van der Waals surface area contributed by atoms with Crippen LogP contribution >= 0.6 is 35.3 Å². The van der Waals surface area contributed by atoms with Crippen LogP contribution in [0, 0.1) is 6.92 Å². The molecular formula is C14H27IN4OS. The van der Waals surface area contributed by atoms with E-state index in [1.807, 2.05) is 11.3 Å². The third-order valence-corrected chi connectivity index (χ3v) is 3.91. The number of likely N-dealkylation sites (N-methyl/N-ethyl adjacent to an activating group) is 1. The Morgan fingerprint density at radius 3 is 2.67 bits per heavy atom. The van der Waals surface area contributed by atoms with E-state index in [1.54, 1.807) is 14.2 Å². The molecule has 0 fully saturated rings. The van der Waals surface area contributed by atoms with E-state index in [9.17, 15) is 0 Å². The maximum absolute atomic E-state index is 5.05. The Morgan fingerprint density at radius 1 is 1.33 bits per heavy atom. The Labute approximate surface area is 149 Å². The Morgan fingerprint density at radius 2 is 2.10 bits per heavy atom. The van der Waals surface area contributed by atoms with Gasteiger partial charge in [0.25, 0.3) is 0 Å². The fourth-order valence-corrected chi connectivity index (χ4v) is 2.53. The summed E-state index contributed by atoms with van der Waals surface area (Å²) in [5.41, 5.74) is 0. The van der Waals surface area contributed by atoms with Gasteiger partial charge < -0.3 is 20.3 Å². The summed E-state index contributed by atoms with van der Waals surface area (Å²) >= 11 is 1.81. The fraction of sp³-hybridized carbons (Fsp3) is 0.643. The van der Waals surface area contributed by atoms with Gasteiger partial charge in [-0.3, -0.25) is 4.99 Å². The van der Waals surface area contributed by atoms with Gasteiger partial charge in [-0.1, -0.05) is 0 Å². The number of ether oxygens (including phenoxy) is 1. The summed E-state index contributed by atoms with van der Waals surface area (Å²) in [6, 6.07) is 4.29. The zero-order chi connectivity index (χ0) is 14.8. The lowest BCUT2D eigenvalue weighted by Crippen LogP contribution is -2.40. The molecule has 0 spiro atoms. The first kappa shape index (κ1) is 20.6. The van der Waals surface area contributed by atoms with Crippen molar-refractivity contribution in [1.29, 1.82) is 0 Å². The summed E-state index contributed by atoms with van der Waals surface area (Å²) in [7, 11) is 5.61. The molecule has 0 aromatic carbocycles. The summed E-state index contributed by atoms with van der Waals surface area (Å²) in [6.45, 7) is 6.47. The van der Waals surface area contributed by atoms with Gasteiger partial charge in [0.1, 0.15) is 0 Å². The molecule has 0 saturated carbocycles. The van der Waals surface area contributed by atoms with Crippen LogP contribution in [0.25, 0.3) is 0 Å². The first-order valence-corrected chi connectivity index (χ1v) is 7.64. The highest BCUT2D eigenvalue weighted by molar-refractivity contribution is 14.0. The van der Waals surface area contributed by atoms with Gasteiger partial charge >= 0.3 is 0 Å². The standard InChI is InChI=1S/C14H26N4OS.HI/c1-12-5-6-13(20-12)11-17-14(15-2)16-7-8-18(3)9-10-19-4;/h5-6H,7-11H2,1-4H3,(H2,15,16,17);1H. The molecule has 0 atom stereocenters. The lowest BCUT2D eigenvalue weighted by atomic mass is 10.4. The second-order valence-electron chi connectivity index (χ2n) is 4.66. The van der Waals surface area contributed by atoms with E-state index in [1.165, 1.54) is 9.75 Å². The molecule has 122 valence electrons. The number of nitrogens with zero attached hydrogens (tertiary/aromatic N) is 2. The number of halogens is 1. The lowest BCUT2D eigenvalue weighted by molar-refractivity contribution is 0.162. The van der Waals surface area contributed by atoms with Gasteiger partial charge in [-0.15, -0.1) is 35.3 Å². The minimum Gasteiger partial charge on any atom is -0.383 e. The molecule has 0 saturated heterocycles. The molecule has 0 unspecified atom stereocenters. The van der Waals surface area contributed by atoms with Crippen molar-refractivity contribution in [3.63, 3.8) is 0 Å². The molecule has 2 N–H and O–H groups in total. The number of aryl methyl sites for hydroxylation is 1. The molecule has 0 amide bonds. The van der Waals surface area contributed by atoms with Gasteiger partial charge in [0.15, 0.2) is 5.96 Å². The van der Waals surface area contributed by atoms with Crippen LogP contribution in [-0.4, -0.2) is 58.3 Å². The number of guanidine groups is 1. The highest BCUT2D eigenvalue weighted by atomic mass is 127. The monoisotopic (exact) mass is 426 g/mol. The van der Waals surface area contributed by atoms with Crippen molar-refractivity contribution in [1.82, 2.24) is 15.5 Å². The van der Waals surface area contributed by atoms with Gasteiger partial charge in [-0.05, 0) is 26.1 Å². The Hall–Kier alpha value is -0.380. The molecule has 5 nitrogen and oxygen atoms in total. The van der Waals surface area contributed by atoms with E-state index < -0.39 is 0 Å². The molecule has 0 aliphatic carbocycles. The van der Waals surface area contributed by atoms with Crippen molar-refractivity contribution in [2.75, 3.05) is 47.4 Å². The van der Waals surface area contributed by atoms with E-state index in [-0.39, 0.29) is 24.0 Å². The van der Waals surface area contributed by atoms with E-state index in [4.69, 9.17) is 4.74 Å². The SMILES string of the molecule is CN=C(NCCN(C)CCOC)NCc1ccc(C)s1.I. The molecular weight excluding hydrogens is 399 g/mol. The van der Waals surface area contributed by atoms with Crippen LogP contribution in [0.1, 0.15) is 9.75 Å². The lowest BCUT2D eigenvalue weighted by Gasteiger charge is -2.17. The second kappa shape index (κ2) is 12.2. The third kappa shape index (κ3) is 9.28. The zero-order valence-corrected chi connectivity index (χ0v) is 16.5. The molecule has 7 heteroatoms. The molecule has 0 radical (unpaired) electrons. The normalized spacial score (nSPS) is 11.4. The third-order valence-electron chi connectivity index (χ3n) is 2.91. The highest BCUT2D eigenvalue weighted by Crippen LogP contribution is 2.14. The van der Waals surface area contributed by atoms with Crippen LogP contribution in [0.5, 0.6) is 0 Å². The molecule has 0 bridgehead atoms. The number of hydrogen-bond acceptors (Lipinski definition) is 4. The van der Waals surface area contributed by atoms with Crippen LogP contribution in [-0.2, 0) is 11.3 Å². The van der Waals surface area contributed by atoms with Crippen LogP contribution in [0.4, 0.5) is 0 Å². The summed E-state index contributed by atoms with van der Waals surface area (Å²) in [5.74, 6) is 0.844. The Kier molecular flexibility index (Phi) is 12.0. The minimum atomic E-state index is 0. The minimum absolute atomic E-state index is 0. The van der Waals surface area contributed by atoms with Crippen molar-refractivity contribution in [3.05, 3.63) is 21.9 Å². The fourth-order valence-electron chi connectivity index (χ4n) is 1.70. The molecule has 1 heterocycles. The maximum atomic E-state index is 5.05. The molecule has 21 heavy (non-hydrogen) atoms. The number of thiophene rings is 1. The van der Waals surface area contributed by atoms with Crippen LogP contribution in [0.3, 0.4) is 0 Å². The largest absolute Gasteiger partial charge is 0.383 e. The van der Waals surface area contributed by atoms with Crippen molar-refractivity contribution in [2.24, 2.45) is 4.99 Å². The molecule has 1 aromatic rings. The van der Waals surface area contributed by atoms with Gasteiger partial charge in [0, 0.05) is 43.5 Å². The maximum Gasteiger partial charge on any atom is 0.191 e. The van der Waals surface area contributed by atoms with Gasteiger partial charge in [0.2, 0.25) is 0 Å². The van der Waals surface area contributed by atoms with Crippen molar-refractivity contribution < 1.29 is 4.74 Å². The number of hydrogen-bond donors (Lipinski definition) is 2. The summed E-state index contributed by atoms with van der Waals surface area (Å²) in [5, 5.41) is 6.64. The average molecular weight is 426 g/mol. The first-order chi connectivity index (χ1) is 9.65. The molecule has 0 aliphatic heterocycles. The van der Waals surface area contributed by atoms with Crippen LogP contribution < -0.4 is 10.6 Å². The zero-order valence-electron chi connectivity index (χ0n) is 13.3. The van der Waals surface area contributed by atoms with Crippen molar-refractivity contribution in [2.45, 2.75) is 13.5 Å². The Bertz CT molecular complexity index is 411. The highest BCUT2D eigenvalue weighted by Gasteiger charge is 2.01. The van der Waals surface area contributed by atoms with E-state index in [0.29, 0.717) is 0 Å². The number of nitrogens with one attached hydrogen (secondary N) is 2. The number of rotatable bonds is 8. The van der Waals surface area contributed by atoms with Gasteiger partial charge in [0.05, 0.1) is 13.2 Å². The van der Waals surface area contributed by atoms with Crippen molar-refractivity contribution >= 4 is 41.3 Å². The summed E-state index contributed by atoms with van der Waals surface area (Å²) in [4.78, 5) is 9.11. The summed E-state index contributed by atoms with van der Waals surface area (Å²) < 4.78 is 5.05. The number of methoxy groups -OCH3 is 1. The Balaban J connectivity index is 0.00000400. The predicted octanol–water partition coefficient (Wildman–Crippen LogP) is 1.92. The average Bonchev–Trinajstić information content (AvgIpc) is 2.86. The number of aliphatic imine (C=N–C) groups is 1. The van der Waals surface area contributed by atoms with E-state index in [0.717, 1.165) is 38.7 Å². The van der Waals surface area contributed by atoms with Crippen LogP contribution in [0.2, 0.25) is 0 Å².